The van der Waals surface area contributed by atoms with Gasteiger partial charge in [0.25, 0.3) is 11.8 Å². The smallest absolute Gasteiger partial charge is 0.290 e. The van der Waals surface area contributed by atoms with Gasteiger partial charge in [0.15, 0.2) is 0 Å². The van der Waals surface area contributed by atoms with Crippen LogP contribution >= 0.6 is 0 Å². The zero-order chi connectivity index (χ0) is 35.5. The Hall–Kier alpha value is -4.74. The summed E-state index contributed by atoms with van der Waals surface area (Å²) in [5.41, 5.74) is 0.890. The minimum Gasteiger partial charge on any atom is -0.344 e. The van der Waals surface area contributed by atoms with Crippen molar-refractivity contribution >= 4 is 40.3 Å². The number of fused-ring (bicyclic) bond motifs is 2. The van der Waals surface area contributed by atoms with Gasteiger partial charge in [-0.15, -0.1) is 0 Å². The Labute approximate surface area is 284 Å². The fraction of sp³-hybridized carbons (Fsp3) is 0.459. The minimum absolute atomic E-state index is 0.0144. The number of halogens is 2. The third-order valence-corrected chi connectivity index (χ3v) is 9.64. The predicted molar refractivity (Wildman–Crippen MR) is 179 cm³/mol. The fourth-order valence-corrected chi connectivity index (χ4v) is 7.10. The highest BCUT2D eigenvalue weighted by Gasteiger charge is 2.52. The number of hydrogen-bond acceptors (Lipinski definition) is 6. The Morgan fingerprint density at radius 3 is 2.31 bits per heavy atom. The molecule has 2 aliphatic rings. The first-order valence-corrected chi connectivity index (χ1v) is 16.7. The highest BCUT2D eigenvalue weighted by atomic mass is 19.3. The number of ketones is 1. The minimum atomic E-state index is -2.99. The molecule has 2 aromatic carbocycles. The number of hydrogen-bond donors (Lipinski definition) is 3. The highest BCUT2D eigenvalue weighted by molar-refractivity contribution is 6.38. The number of likely N-dealkylation sites (tertiary alicyclic amines) is 1. The number of para-hydroxylation sites is 1. The summed E-state index contributed by atoms with van der Waals surface area (Å²) in [7, 11) is 0. The number of nitrogens with one attached hydrogen (secondary N) is 3. The number of Topliss-reactive ketones (excluding diaryl/α,β-unsaturated/α-hetero) is 1. The lowest BCUT2D eigenvalue weighted by atomic mass is 9.85. The van der Waals surface area contributed by atoms with Crippen LogP contribution < -0.4 is 16.0 Å². The molecule has 3 aromatic rings. The van der Waals surface area contributed by atoms with Gasteiger partial charge in [0.2, 0.25) is 24.0 Å². The van der Waals surface area contributed by atoms with E-state index < -0.39 is 71.8 Å². The van der Waals surface area contributed by atoms with Gasteiger partial charge in [-0.25, -0.2) is 8.78 Å². The maximum atomic E-state index is 14.4. The first-order valence-electron chi connectivity index (χ1n) is 16.7. The summed E-state index contributed by atoms with van der Waals surface area (Å²) in [5, 5.41) is 8.49. The summed E-state index contributed by atoms with van der Waals surface area (Å²) in [6.07, 6.45) is -0.300. The van der Waals surface area contributed by atoms with E-state index >= 15 is 0 Å². The first kappa shape index (κ1) is 35.6. The van der Waals surface area contributed by atoms with Crippen LogP contribution in [-0.4, -0.2) is 70.4 Å². The molecule has 0 radical (unpaired) electrons. The third-order valence-electron chi connectivity index (χ3n) is 9.64. The molecule has 260 valence electrons. The van der Waals surface area contributed by atoms with Gasteiger partial charge < -0.3 is 20.9 Å². The number of carbonyl (C=O) groups is 5. The van der Waals surface area contributed by atoms with E-state index in [0.717, 1.165) is 12.8 Å². The second kappa shape index (κ2) is 14.8. The van der Waals surface area contributed by atoms with Crippen molar-refractivity contribution in [3.63, 3.8) is 0 Å². The monoisotopic (exact) mass is 675 g/mol. The Kier molecular flexibility index (Phi) is 10.7. The van der Waals surface area contributed by atoms with E-state index in [4.69, 9.17) is 0 Å². The van der Waals surface area contributed by atoms with E-state index in [-0.39, 0.29) is 18.4 Å². The molecule has 1 aliphatic carbocycles. The Bertz CT molecular complexity index is 1710. The lowest BCUT2D eigenvalue weighted by molar-refractivity contribution is -0.145. The molecule has 2 fully saturated rings. The first-order chi connectivity index (χ1) is 23.3. The van der Waals surface area contributed by atoms with Crippen molar-refractivity contribution < 1.29 is 32.8 Å². The molecular weight excluding hydrogens is 632 g/mol. The predicted octanol–water partition coefficient (Wildman–Crippen LogP) is 4.59. The standard InChI is InChI=1S/C37H43F2N5O5/c1-21(22-11-6-5-7-12-22)41-35(48)31(45)28(19-29(38)39)42-34(47)30-24-15-10-13-23(24)20-44(30)36(49)32(37(2,3)4)43-33(46)26-17-18-40-27-16-9-8-14-25(26)27/h5-9,11-12,14,16-18,21,23-24,28-30,32H,10,13,15,19-20H2,1-4H3,(H,41,48)(H,42,47)(H,43,46)/t21-,23+,24+,28?,30+,32+/m1/s1. The van der Waals surface area contributed by atoms with Crippen LogP contribution in [0.4, 0.5) is 8.78 Å². The summed E-state index contributed by atoms with van der Waals surface area (Å²) in [6.45, 7) is 7.31. The molecule has 3 N–H and O–H groups in total. The van der Waals surface area contributed by atoms with Crippen LogP contribution in [0.1, 0.15) is 75.3 Å². The summed E-state index contributed by atoms with van der Waals surface area (Å²) in [5.74, 6) is -4.31. The normalized spacial score (nSPS) is 20.7. The van der Waals surface area contributed by atoms with Crippen LogP contribution in [-0.2, 0) is 19.2 Å². The Morgan fingerprint density at radius 2 is 1.61 bits per heavy atom. The maximum Gasteiger partial charge on any atom is 0.290 e. The van der Waals surface area contributed by atoms with Gasteiger partial charge in [0.1, 0.15) is 18.1 Å². The summed E-state index contributed by atoms with van der Waals surface area (Å²) >= 11 is 0. The van der Waals surface area contributed by atoms with Crippen molar-refractivity contribution in [3.05, 3.63) is 78.0 Å². The average molecular weight is 676 g/mol. The molecule has 1 saturated heterocycles. The maximum absolute atomic E-state index is 14.4. The van der Waals surface area contributed by atoms with E-state index in [2.05, 4.69) is 20.9 Å². The number of pyridine rings is 1. The van der Waals surface area contributed by atoms with E-state index in [0.29, 0.717) is 28.5 Å². The fourth-order valence-electron chi connectivity index (χ4n) is 7.10. The SMILES string of the molecule is C[C@@H](NC(=O)C(=O)C(CC(F)F)NC(=O)[C@@H]1[C@H]2CCC[C@H]2CN1C(=O)[C@H](NC(=O)c1ccnc2ccccc12)C(C)(C)C)c1ccccc1. The van der Waals surface area contributed by atoms with Gasteiger partial charge >= 0.3 is 0 Å². The van der Waals surface area contributed by atoms with Gasteiger partial charge in [-0.05, 0) is 54.7 Å². The molecular formula is C37H43F2N5O5. The van der Waals surface area contributed by atoms with Crippen LogP contribution in [0, 0.1) is 17.3 Å². The second-order valence-electron chi connectivity index (χ2n) is 14.1. The average Bonchev–Trinajstić information content (AvgIpc) is 3.67. The highest BCUT2D eigenvalue weighted by Crippen LogP contribution is 2.43. The number of nitrogens with zero attached hydrogens (tertiary/aromatic N) is 2. The van der Waals surface area contributed by atoms with E-state index in [1.807, 2.05) is 6.07 Å². The lowest BCUT2D eigenvalue weighted by Crippen LogP contribution is -2.60. The van der Waals surface area contributed by atoms with Gasteiger partial charge in [-0.3, -0.25) is 29.0 Å². The van der Waals surface area contributed by atoms with E-state index in [1.54, 1.807) is 82.3 Å². The molecule has 10 nitrogen and oxygen atoms in total. The number of aromatic nitrogens is 1. The molecule has 1 aromatic heterocycles. The summed E-state index contributed by atoms with van der Waals surface area (Å²) in [6, 6.07) is 13.1. The van der Waals surface area contributed by atoms with Crippen LogP contribution in [0.15, 0.2) is 66.9 Å². The molecule has 6 atom stereocenters. The van der Waals surface area contributed by atoms with E-state index in [9.17, 15) is 32.8 Å². The molecule has 0 bridgehead atoms. The van der Waals surface area contributed by atoms with Crippen molar-refractivity contribution in [2.24, 2.45) is 17.3 Å². The second-order valence-corrected chi connectivity index (χ2v) is 14.1. The number of carbonyl (C=O) groups excluding carboxylic acids is 5. The molecule has 1 unspecified atom stereocenters. The quantitative estimate of drug-likeness (QED) is 0.254. The van der Waals surface area contributed by atoms with E-state index in [1.165, 1.54) is 11.1 Å². The van der Waals surface area contributed by atoms with Gasteiger partial charge in [0, 0.05) is 24.5 Å². The number of alkyl halides is 2. The lowest BCUT2D eigenvalue weighted by Gasteiger charge is -2.36. The van der Waals surface area contributed by atoms with Crippen LogP contribution in [0.2, 0.25) is 0 Å². The van der Waals surface area contributed by atoms with Crippen molar-refractivity contribution in [1.29, 1.82) is 0 Å². The van der Waals surface area contributed by atoms with Crippen molar-refractivity contribution in [2.45, 2.75) is 84.0 Å². The number of benzene rings is 2. The number of rotatable bonds is 11. The molecule has 1 saturated carbocycles. The molecule has 2 heterocycles. The molecule has 4 amide bonds. The zero-order valence-corrected chi connectivity index (χ0v) is 28.1. The molecule has 49 heavy (non-hydrogen) atoms. The van der Waals surface area contributed by atoms with Crippen molar-refractivity contribution in [3.8, 4) is 0 Å². The van der Waals surface area contributed by atoms with Gasteiger partial charge in [-0.1, -0.05) is 75.7 Å². The van der Waals surface area contributed by atoms with Crippen molar-refractivity contribution in [2.75, 3.05) is 6.54 Å². The molecule has 12 heteroatoms. The van der Waals surface area contributed by atoms with Gasteiger partial charge in [-0.2, -0.15) is 0 Å². The largest absolute Gasteiger partial charge is 0.344 e. The van der Waals surface area contributed by atoms with Crippen LogP contribution in [0.25, 0.3) is 10.9 Å². The zero-order valence-electron chi connectivity index (χ0n) is 28.1. The Morgan fingerprint density at radius 1 is 0.918 bits per heavy atom. The van der Waals surface area contributed by atoms with Crippen LogP contribution in [0.3, 0.4) is 0 Å². The van der Waals surface area contributed by atoms with Gasteiger partial charge in [0.05, 0.1) is 17.1 Å². The van der Waals surface area contributed by atoms with Crippen molar-refractivity contribution in [1.82, 2.24) is 25.8 Å². The third kappa shape index (κ3) is 7.95. The Balaban J connectivity index is 1.37. The number of amides is 4. The molecule has 0 spiro atoms. The summed E-state index contributed by atoms with van der Waals surface area (Å²) in [4.78, 5) is 74.0. The summed E-state index contributed by atoms with van der Waals surface area (Å²) < 4.78 is 27.5. The molecule has 5 rings (SSSR count). The van der Waals surface area contributed by atoms with Crippen LogP contribution in [0.5, 0.6) is 0 Å². The topological polar surface area (TPSA) is 138 Å². The molecule has 1 aliphatic heterocycles.